The average Bonchev–Trinajstić information content (AvgIpc) is 3.40. The Hall–Kier alpha value is -3.25. The zero-order chi connectivity index (χ0) is 16.6. The van der Waals surface area contributed by atoms with Crippen LogP contribution >= 0.6 is 11.3 Å². The molecule has 25 heavy (non-hydrogen) atoms. The molecule has 0 aliphatic carbocycles. The third-order valence-electron chi connectivity index (χ3n) is 4.12. The molecule has 0 aliphatic heterocycles. The molecule has 120 valence electrons. The highest BCUT2D eigenvalue weighted by atomic mass is 32.1. The number of rotatable bonds is 3. The van der Waals surface area contributed by atoms with Crippen molar-refractivity contribution in [2.24, 2.45) is 0 Å². The monoisotopic (exact) mass is 344 g/mol. The van der Waals surface area contributed by atoms with E-state index in [1.165, 1.54) is 0 Å². The summed E-state index contributed by atoms with van der Waals surface area (Å²) in [6, 6.07) is 13.9. The summed E-state index contributed by atoms with van der Waals surface area (Å²) in [5.74, 6) is 0.793. The number of hydrogen-bond acceptors (Lipinski definition) is 5. The van der Waals surface area contributed by atoms with Crippen LogP contribution in [-0.2, 0) is 0 Å². The molecule has 4 heterocycles. The lowest BCUT2D eigenvalue weighted by Crippen LogP contribution is -1.86. The molecule has 0 radical (unpaired) electrons. The van der Waals surface area contributed by atoms with Gasteiger partial charge in [-0.2, -0.15) is 16.4 Å². The Bertz CT molecular complexity index is 1140. The first kappa shape index (κ1) is 14.1. The third kappa shape index (κ3) is 2.35. The van der Waals surface area contributed by atoms with E-state index < -0.39 is 0 Å². The fraction of sp³-hybridized carbons (Fsp3) is 0. The summed E-state index contributed by atoms with van der Waals surface area (Å²) in [6.45, 7) is 0. The highest BCUT2D eigenvalue weighted by Gasteiger charge is 2.15. The van der Waals surface area contributed by atoms with Gasteiger partial charge in [-0.3, -0.25) is 10.1 Å². The van der Waals surface area contributed by atoms with Gasteiger partial charge < -0.3 is 4.52 Å². The Morgan fingerprint density at radius 1 is 1.04 bits per heavy atom. The molecule has 0 aliphatic rings. The Kier molecular flexibility index (Phi) is 3.21. The summed E-state index contributed by atoms with van der Waals surface area (Å²) in [5.41, 5.74) is 5.59. The molecule has 5 aromatic rings. The highest BCUT2D eigenvalue weighted by Crippen LogP contribution is 2.35. The molecule has 0 atom stereocenters. The molecule has 0 amide bonds. The Labute approximate surface area is 147 Å². The molecule has 6 heteroatoms. The molecule has 0 fully saturated rings. The summed E-state index contributed by atoms with van der Waals surface area (Å²) in [4.78, 5) is 4.41. The topological polar surface area (TPSA) is 67.6 Å². The Morgan fingerprint density at radius 2 is 2.04 bits per heavy atom. The lowest BCUT2D eigenvalue weighted by atomic mass is 10.0. The molecule has 0 spiro atoms. The van der Waals surface area contributed by atoms with Crippen molar-refractivity contribution in [3.63, 3.8) is 0 Å². The predicted octanol–water partition coefficient (Wildman–Crippen LogP) is 5.01. The minimum atomic E-state index is 0.793. The lowest BCUT2D eigenvalue weighted by Gasteiger charge is -2.02. The summed E-state index contributed by atoms with van der Waals surface area (Å²) in [7, 11) is 0. The molecular weight excluding hydrogens is 332 g/mol. The van der Waals surface area contributed by atoms with Crippen molar-refractivity contribution in [1.29, 1.82) is 0 Å². The first-order chi connectivity index (χ1) is 12.4. The van der Waals surface area contributed by atoms with Gasteiger partial charge in [0.15, 0.2) is 5.76 Å². The van der Waals surface area contributed by atoms with Gasteiger partial charge in [-0.05, 0) is 41.3 Å². The third-order valence-corrected chi connectivity index (χ3v) is 4.80. The van der Waals surface area contributed by atoms with Crippen LogP contribution in [0.2, 0.25) is 0 Å². The van der Waals surface area contributed by atoms with E-state index in [4.69, 9.17) is 4.52 Å². The molecule has 1 N–H and O–H groups in total. The van der Waals surface area contributed by atoms with Crippen LogP contribution in [0.1, 0.15) is 0 Å². The standard InChI is InChI=1S/C19H12N4OS/c1-2-7-20-17(3-1)18-15(10-21-22-18)12-4-5-16-14(9-12)19(24-23-16)13-6-8-25-11-13/h1-11H,(H,21,22). The van der Waals surface area contributed by atoms with Gasteiger partial charge in [0.25, 0.3) is 0 Å². The zero-order valence-electron chi connectivity index (χ0n) is 13.0. The Morgan fingerprint density at radius 3 is 2.88 bits per heavy atom. The van der Waals surface area contributed by atoms with Gasteiger partial charge in [0, 0.05) is 28.9 Å². The first-order valence-corrected chi connectivity index (χ1v) is 8.72. The second kappa shape index (κ2) is 5.68. The molecule has 5 nitrogen and oxygen atoms in total. The molecule has 0 saturated carbocycles. The van der Waals surface area contributed by atoms with E-state index in [2.05, 4.69) is 31.8 Å². The normalized spacial score (nSPS) is 11.2. The predicted molar refractivity (Wildman–Crippen MR) is 98.1 cm³/mol. The van der Waals surface area contributed by atoms with E-state index in [1.54, 1.807) is 17.5 Å². The van der Waals surface area contributed by atoms with Crippen LogP contribution in [0.3, 0.4) is 0 Å². The number of pyridine rings is 1. The van der Waals surface area contributed by atoms with Crippen molar-refractivity contribution in [3.8, 4) is 33.8 Å². The molecule has 0 bridgehead atoms. The van der Waals surface area contributed by atoms with Crippen molar-refractivity contribution in [2.75, 3.05) is 0 Å². The van der Waals surface area contributed by atoms with Crippen molar-refractivity contribution in [3.05, 3.63) is 65.6 Å². The number of fused-ring (bicyclic) bond motifs is 1. The SMILES string of the molecule is c1ccc(-c2n[nH]cc2-c2ccc3noc(-c4ccsc4)c3c2)nc1. The number of hydrogen-bond donors (Lipinski definition) is 1. The molecule has 4 aromatic heterocycles. The number of benzene rings is 1. The van der Waals surface area contributed by atoms with Gasteiger partial charge in [-0.25, -0.2) is 0 Å². The van der Waals surface area contributed by atoms with Crippen LogP contribution in [-0.4, -0.2) is 20.3 Å². The maximum Gasteiger partial charge on any atom is 0.175 e. The number of aromatic nitrogens is 4. The lowest BCUT2D eigenvalue weighted by molar-refractivity contribution is 0.441. The fourth-order valence-corrected chi connectivity index (χ4v) is 3.55. The van der Waals surface area contributed by atoms with E-state index in [0.717, 1.165) is 44.7 Å². The van der Waals surface area contributed by atoms with Crippen LogP contribution in [0.25, 0.3) is 44.7 Å². The van der Waals surface area contributed by atoms with Gasteiger partial charge in [-0.1, -0.05) is 17.3 Å². The number of nitrogens with one attached hydrogen (secondary N) is 1. The molecular formula is C19H12N4OS. The fourth-order valence-electron chi connectivity index (χ4n) is 2.92. The molecule has 5 rings (SSSR count). The van der Waals surface area contributed by atoms with Crippen LogP contribution in [0.15, 0.2) is 70.1 Å². The maximum absolute atomic E-state index is 5.57. The zero-order valence-corrected chi connectivity index (χ0v) is 13.8. The largest absolute Gasteiger partial charge is 0.355 e. The highest BCUT2D eigenvalue weighted by molar-refractivity contribution is 7.08. The van der Waals surface area contributed by atoms with Gasteiger partial charge >= 0.3 is 0 Å². The van der Waals surface area contributed by atoms with E-state index in [9.17, 15) is 0 Å². The van der Waals surface area contributed by atoms with E-state index in [0.29, 0.717) is 0 Å². The van der Waals surface area contributed by atoms with E-state index >= 15 is 0 Å². The van der Waals surface area contributed by atoms with Gasteiger partial charge in [-0.15, -0.1) is 0 Å². The van der Waals surface area contributed by atoms with E-state index in [-0.39, 0.29) is 0 Å². The minimum absolute atomic E-state index is 0.793. The number of H-pyrrole nitrogens is 1. The summed E-state index contributed by atoms with van der Waals surface area (Å²) >= 11 is 1.64. The van der Waals surface area contributed by atoms with Crippen LogP contribution < -0.4 is 0 Å². The van der Waals surface area contributed by atoms with Crippen molar-refractivity contribution >= 4 is 22.2 Å². The first-order valence-electron chi connectivity index (χ1n) is 7.78. The van der Waals surface area contributed by atoms with Crippen LogP contribution in [0.4, 0.5) is 0 Å². The number of thiophene rings is 1. The summed E-state index contributed by atoms with van der Waals surface area (Å²) in [6.07, 6.45) is 3.66. The number of aromatic amines is 1. The van der Waals surface area contributed by atoms with Crippen LogP contribution in [0.5, 0.6) is 0 Å². The summed E-state index contributed by atoms with van der Waals surface area (Å²) < 4.78 is 5.57. The average molecular weight is 344 g/mol. The van der Waals surface area contributed by atoms with E-state index in [1.807, 2.05) is 48.0 Å². The quantitative estimate of drug-likeness (QED) is 0.499. The summed E-state index contributed by atoms with van der Waals surface area (Å²) in [5, 5.41) is 16.6. The van der Waals surface area contributed by atoms with Gasteiger partial charge in [0.2, 0.25) is 0 Å². The second-order valence-corrected chi connectivity index (χ2v) is 6.40. The van der Waals surface area contributed by atoms with Gasteiger partial charge in [0.05, 0.1) is 11.1 Å². The van der Waals surface area contributed by atoms with Gasteiger partial charge in [0.1, 0.15) is 11.2 Å². The minimum Gasteiger partial charge on any atom is -0.355 e. The van der Waals surface area contributed by atoms with Crippen molar-refractivity contribution in [1.82, 2.24) is 20.3 Å². The van der Waals surface area contributed by atoms with Crippen molar-refractivity contribution < 1.29 is 4.52 Å². The van der Waals surface area contributed by atoms with Crippen LogP contribution in [0, 0.1) is 0 Å². The Balaban J connectivity index is 1.68. The molecule has 0 unspecified atom stereocenters. The number of nitrogens with zero attached hydrogens (tertiary/aromatic N) is 3. The van der Waals surface area contributed by atoms with Crippen molar-refractivity contribution in [2.45, 2.75) is 0 Å². The second-order valence-electron chi connectivity index (χ2n) is 5.62. The molecule has 1 aromatic carbocycles. The maximum atomic E-state index is 5.57. The molecule has 0 saturated heterocycles. The smallest absolute Gasteiger partial charge is 0.175 e.